The Morgan fingerprint density at radius 1 is 1.29 bits per heavy atom. The summed E-state index contributed by atoms with van der Waals surface area (Å²) in [5.41, 5.74) is 6.95. The molecule has 0 saturated heterocycles. The van der Waals surface area contributed by atoms with Crippen LogP contribution in [0.15, 0.2) is 35.7 Å². The molecule has 0 aliphatic rings. The molecule has 21 heavy (non-hydrogen) atoms. The van der Waals surface area contributed by atoms with E-state index in [9.17, 15) is 0 Å². The highest BCUT2D eigenvalue weighted by Crippen LogP contribution is 2.28. The van der Waals surface area contributed by atoms with Crippen LogP contribution in [0.4, 0.5) is 11.8 Å². The van der Waals surface area contributed by atoms with Crippen LogP contribution in [0.3, 0.4) is 0 Å². The molecule has 6 heteroatoms. The van der Waals surface area contributed by atoms with Crippen LogP contribution in [-0.2, 0) is 6.54 Å². The van der Waals surface area contributed by atoms with E-state index in [0.717, 1.165) is 33.9 Å². The fourth-order valence-electron chi connectivity index (χ4n) is 2.27. The quantitative estimate of drug-likeness (QED) is 0.802. The van der Waals surface area contributed by atoms with Gasteiger partial charge < -0.3 is 15.4 Å². The van der Waals surface area contributed by atoms with Crippen molar-refractivity contribution in [2.75, 3.05) is 24.8 Å². The Hall–Kier alpha value is -2.34. The van der Waals surface area contributed by atoms with Crippen molar-refractivity contribution < 1.29 is 4.74 Å². The number of nitrogen functional groups attached to an aromatic ring is 1. The van der Waals surface area contributed by atoms with E-state index in [2.05, 4.69) is 20.9 Å². The maximum atomic E-state index is 5.80. The lowest BCUT2D eigenvalue weighted by atomic mass is 10.2. The molecule has 2 aromatic heterocycles. The number of ether oxygens (including phenoxy) is 1. The SMILES string of the molecule is COc1cccc(CN(C)c2nc(N)nc3sccc23)c1. The second kappa shape index (κ2) is 5.57. The van der Waals surface area contributed by atoms with Crippen LogP contribution >= 0.6 is 11.3 Å². The maximum absolute atomic E-state index is 5.80. The summed E-state index contributed by atoms with van der Waals surface area (Å²) in [7, 11) is 3.67. The van der Waals surface area contributed by atoms with E-state index >= 15 is 0 Å². The Labute approximate surface area is 127 Å². The van der Waals surface area contributed by atoms with Crippen molar-refractivity contribution in [1.29, 1.82) is 0 Å². The van der Waals surface area contributed by atoms with Crippen molar-refractivity contribution >= 4 is 33.3 Å². The summed E-state index contributed by atoms with van der Waals surface area (Å²) < 4.78 is 5.26. The summed E-state index contributed by atoms with van der Waals surface area (Å²) in [4.78, 5) is 11.6. The summed E-state index contributed by atoms with van der Waals surface area (Å²) in [6.45, 7) is 0.721. The van der Waals surface area contributed by atoms with Gasteiger partial charge in [-0.3, -0.25) is 0 Å². The zero-order valence-corrected chi connectivity index (χ0v) is 12.7. The molecule has 0 radical (unpaired) electrons. The topological polar surface area (TPSA) is 64.3 Å². The summed E-state index contributed by atoms with van der Waals surface area (Å²) in [5.74, 6) is 2.00. The first-order valence-corrected chi connectivity index (χ1v) is 7.40. The van der Waals surface area contributed by atoms with Crippen LogP contribution in [-0.4, -0.2) is 24.1 Å². The molecular formula is C15H16N4OS. The van der Waals surface area contributed by atoms with Gasteiger partial charge in [0.05, 0.1) is 12.5 Å². The fraction of sp³-hybridized carbons (Fsp3) is 0.200. The molecule has 0 fully saturated rings. The van der Waals surface area contributed by atoms with Crippen molar-refractivity contribution in [3.05, 3.63) is 41.3 Å². The summed E-state index contributed by atoms with van der Waals surface area (Å²) in [6, 6.07) is 10.0. The van der Waals surface area contributed by atoms with E-state index < -0.39 is 0 Å². The lowest BCUT2D eigenvalue weighted by Crippen LogP contribution is -2.18. The first-order chi connectivity index (χ1) is 10.2. The highest BCUT2D eigenvalue weighted by molar-refractivity contribution is 7.16. The molecule has 0 amide bonds. The van der Waals surface area contributed by atoms with Crippen LogP contribution in [0, 0.1) is 0 Å². The van der Waals surface area contributed by atoms with Crippen molar-refractivity contribution in [2.24, 2.45) is 0 Å². The van der Waals surface area contributed by atoms with E-state index in [-0.39, 0.29) is 0 Å². The fourth-order valence-corrected chi connectivity index (χ4v) is 3.03. The molecule has 2 heterocycles. The van der Waals surface area contributed by atoms with Gasteiger partial charge in [0.25, 0.3) is 0 Å². The van der Waals surface area contributed by atoms with Gasteiger partial charge in [0, 0.05) is 13.6 Å². The van der Waals surface area contributed by atoms with Gasteiger partial charge in [0.2, 0.25) is 5.95 Å². The molecule has 3 aromatic rings. The Morgan fingerprint density at radius 3 is 2.95 bits per heavy atom. The lowest BCUT2D eigenvalue weighted by Gasteiger charge is -2.19. The van der Waals surface area contributed by atoms with E-state index in [4.69, 9.17) is 10.5 Å². The third-order valence-electron chi connectivity index (χ3n) is 3.24. The van der Waals surface area contributed by atoms with Crippen LogP contribution in [0.1, 0.15) is 5.56 Å². The number of methoxy groups -OCH3 is 1. The smallest absolute Gasteiger partial charge is 0.223 e. The minimum atomic E-state index is 0.303. The number of aromatic nitrogens is 2. The highest BCUT2D eigenvalue weighted by Gasteiger charge is 2.12. The summed E-state index contributed by atoms with van der Waals surface area (Å²) >= 11 is 1.57. The maximum Gasteiger partial charge on any atom is 0.223 e. The molecule has 0 aliphatic carbocycles. The zero-order chi connectivity index (χ0) is 14.8. The molecule has 0 aliphatic heterocycles. The Bertz CT molecular complexity index is 771. The third kappa shape index (κ3) is 2.75. The van der Waals surface area contributed by atoms with E-state index in [1.165, 1.54) is 0 Å². The predicted molar refractivity (Wildman–Crippen MR) is 86.9 cm³/mol. The average Bonchev–Trinajstić information content (AvgIpc) is 2.94. The Morgan fingerprint density at radius 2 is 2.14 bits per heavy atom. The minimum Gasteiger partial charge on any atom is -0.497 e. The number of hydrogen-bond donors (Lipinski definition) is 1. The molecule has 1 aromatic carbocycles. The average molecular weight is 300 g/mol. The second-order valence-corrected chi connectivity index (χ2v) is 5.65. The molecule has 108 valence electrons. The third-order valence-corrected chi connectivity index (χ3v) is 4.04. The van der Waals surface area contributed by atoms with Crippen LogP contribution in [0.25, 0.3) is 10.2 Å². The first-order valence-electron chi connectivity index (χ1n) is 6.52. The highest BCUT2D eigenvalue weighted by atomic mass is 32.1. The molecule has 3 rings (SSSR count). The number of benzene rings is 1. The van der Waals surface area contributed by atoms with Crippen molar-refractivity contribution in [2.45, 2.75) is 6.54 Å². The Kier molecular flexibility index (Phi) is 3.62. The monoisotopic (exact) mass is 300 g/mol. The summed E-state index contributed by atoms with van der Waals surface area (Å²) in [5, 5.41) is 3.03. The zero-order valence-electron chi connectivity index (χ0n) is 11.9. The largest absolute Gasteiger partial charge is 0.497 e. The molecule has 0 unspecified atom stereocenters. The van der Waals surface area contributed by atoms with Gasteiger partial charge >= 0.3 is 0 Å². The molecule has 0 spiro atoms. The van der Waals surface area contributed by atoms with Gasteiger partial charge in [0.15, 0.2) is 0 Å². The number of nitrogens with zero attached hydrogens (tertiary/aromatic N) is 3. The van der Waals surface area contributed by atoms with Crippen molar-refractivity contribution in [3.63, 3.8) is 0 Å². The second-order valence-electron chi connectivity index (χ2n) is 4.75. The van der Waals surface area contributed by atoms with Gasteiger partial charge in [-0.25, -0.2) is 4.98 Å². The van der Waals surface area contributed by atoms with Gasteiger partial charge in [0.1, 0.15) is 16.4 Å². The number of thiophene rings is 1. The van der Waals surface area contributed by atoms with Gasteiger partial charge in [-0.2, -0.15) is 4.98 Å². The molecule has 0 atom stereocenters. The van der Waals surface area contributed by atoms with Gasteiger partial charge in [-0.1, -0.05) is 12.1 Å². The van der Waals surface area contributed by atoms with Crippen LogP contribution in [0.5, 0.6) is 5.75 Å². The number of hydrogen-bond acceptors (Lipinski definition) is 6. The minimum absolute atomic E-state index is 0.303. The van der Waals surface area contributed by atoms with Gasteiger partial charge in [-0.15, -0.1) is 11.3 Å². The normalized spacial score (nSPS) is 10.8. The molecule has 0 bridgehead atoms. The number of fused-ring (bicyclic) bond motifs is 1. The van der Waals surface area contributed by atoms with Crippen LogP contribution in [0.2, 0.25) is 0 Å². The molecule has 2 N–H and O–H groups in total. The van der Waals surface area contributed by atoms with Crippen LogP contribution < -0.4 is 15.4 Å². The van der Waals surface area contributed by atoms with Crippen molar-refractivity contribution in [3.8, 4) is 5.75 Å². The molecule has 0 saturated carbocycles. The van der Waals surface area contributed by atoms with Gasteiger partial charge in [-0.05, 0) is 29.1 Å². The van der Waals surface area contributed by atoms with E-state index in [1.54, 1.807) is 18.4 Å². The van der Waals surface area contributed by atoms with E-state index in [1.807, 2.05) is 36.7 Å². The Balaban J connectivity index is 1.93. The number of rotatable bonds is 4. The first kappa shape index (κ1) is 13.6. The molecular weight excluding hydrogens is 284 g/mol. The van der Waals surface area contributed by atoms with E-state index in [0.29, 0.717) is 5.95 Å². The van der Waals surface area contributed by atoms with Crippen molar-refractivity contribution in [1.82, 2.24) is 9.97 Å². The predicted octanol–water partition coefficient (Wildman–Crippen LogP) is 2.92. The summed E-state index contributed by atoms with van der Waals surface area (Å²) in [6.07, 6.45) is 0. The molecule has 5 nitrogen and oxygen atoms in total. The standard InChI is InChI=1S/C15H16N4OS/c1-19(9-10-4-3-5-11(8-10)20-2)13-12-6-7-21-14(12)18-15(16)17-13/h3-8H,9H2,1-2H3,(H2,16,17,18). The number of nitrogens with two attached hydrogens (primary N) is 1. The number of anilines is 2. The lowest BCUT2D eigenvalue weighted by molar-refractivity contribution is 0.414.